The van der Waals surface area contributed by atoms with E-state index < -0.39 is 0 Å². The minimum Gasteiger partial charge on any atom is -0.392 e. The SMILES string of the molecule is Bc1ccc(-c2ccc(CO)c(C)c2)cc1. The molecule has 2 rings (SSSR count). The first-order valence-electron chi connectivity index (χ1n) is 5.48. The molecule has 1 nitrogen and oxygen atoms in total. The zero-order valence-corrected chi connectivity index (χ0v) is 9.70. The lowest BCUT2D eigenvalue weighted by atomic mass is 9.93. The highest BCUT2D eigenvalue weighted by Gasteiger charge is 2.01. The lowest BCUT2D eigenvalue weighted by molar-refractivity contribution is 0.281. The van der Waals surface area contributed by atoms with Crippen molar-refractivity contribution in [1.82, 2.24) is 0 Å². The molecule has 0 saturated heterocycles. The Morgan fingerprint density at radius 2 is 1.62 bits per heavy atom. The van der Waals surface area contributed by atoms with E-state index in [-0.39, 0.29) is 6.61 Å². The molecule has 0 unspecified atom stereocenters. The predicted molar refractivity (Wildman–Crippen MR) is 70.7 cm³/mol. The van der Waals surface area contributed by atoms with Gasteiger partial charge in [-0.05, 0) is 29.2 Å². The quantitative estimate of drug-likeness (QED) is 0.743. The maximum absolute atomic E-state index is 9.12. The van der Waals surface area contributed by atoms with Crippen molar-refractivity contribution in [3.8, 4) is 11.1 Å². The van der Waals surface area contributed by atoms with Gasteiger partial charge < -0.3 is 5.11 Å². The van der Waals surface area contributed by atoms with E-state index >= 15 is 0 Å². The molecule has 2 aromatic rings. The fourth-order valence-corrected chi connectivity index (χ4v) is 1.80. The van der Waals surface area contributed by atoms with Crippen LogP contribution in [0.1, 0.15) is 11.1 Å². The van der Waals surface area contributed by atoms with Crippen molar-refractivity contribution in [3.05, 3.63) is 53.6 Å². The van der Waals surface area contributed by atoms with Gasteiger partial charge in [0, 0.05) is 0 Å². The third kappa shape index (κ3) is 2.17. The van der Waals surface area contributed by atoms with Crippen LogP contribution in [0.3, 0.4) is 0 Å². The first-order chi connectivity index (χ1) is 7.70. The van der Waals surface area contributed by atoms with Crippen molar-refractivity contribution in [2.24, 2.45) is 0 Å². The van der Waals surface area contributed by atoms with Gasteiger partial charge in [-0.25, -0.2) is 0 Å². The summed E-state index contributed by atoms with van der Waals surface area (Å²) in [5.41, 5.74) is 5.83. The molecule has 16 heavy (non-hydrogen) atoms. The number of hydrogen-bond donors (Lipinski definition) is 1. The first-order valence-corrected chi connectivity index (χ1v) is 5.48. The van der Waals surface area contributed by atoms with Gasteiger partial charge in [0.2, 0.25) is 0 Å². The monoisotopic (exact) mass is 210 g/mol. The largest absolute Gasteiger partial charge is 0.392 e. The Morgan fingerprint density at radius 1 is 1.00 bits per heavy atom. The van der Waals surface area contributed by atoms with Crippen molar-refractivity contribution in [3.63, 3.8) is 0 Å². The van der Waals surface area contributed by atoms with Crippen LogP contribution in [0.15, 0.2) is 42.5 Å². The molecule has 2 aromatic carbocycles. The molecular formula is C14H15BO. The van der Waals surface area contributed by atoms with Crippen LogP contribution in [0, 0.1) is 6.92 Å². The van der Waals surface area contributed by atoms with E-state index in [4.69, 9.17) is 5.11 Å². The Morgan fingerprint density at radius 3 is 2.19 bits per heavy atom. The minimum atomic E-state index is 0.111. The average molecular weight is 210 g/mol. The van der Waals surface area contributed by atoms with Gasteiger partial charge in [-0.1, -0.05) is 47.9 Å². The Balaban J connectivity index is 2.41. The molecule has 0 aliphatic heterocycles. The molecule has 0 heterocycles. The molecule has 0 aromatic heterocycles. The summed E-state index contributed by atoms with van der Waals surface area (Å²) in [6.07, 6.45) is 0. The summed E-state index contributed by atoms with van der Waals surface area (Å²) in [5, 5.41) is 9.12. The topological polar surface area (TPSA) is 20.2 Å². The van der Waals surface area contributed by atoms with Crippen molar-refractivity contribution in [1.29, 1.82) is 0 Å². The summed E-state index contributed by atoms with van der Waals surface area (Å²) in [6, 6.07) is 14.7. The molecule has 0 radical (unpaired) electrons. The molecule has 2 heteroatoms. The smallest absolute Gasteiger partial charge is 0.139 e. The fourth-order valence-electron chi connectivity index (χ4n) is 1.80. The van der Waals surface area contributed by atoms with E-state index in [1.54, 1.807) is 0 Å². The summed E-state index contributed by atoms with van der Waals surface area (Å²) >= 11 is 0. The number of aliphatic hydroxyl groups is 1. The third-order valence-corrected chi connectivity index (χ3v) is 2.90. The highest BCUT2D eigenvalue weighted by molar-refractivity contribution is 6.32. The van der Waals surface area contributed by atoms with Crippen LogP contribution in [-0.2, 0) is 6.61 Å². The molecule has 0 fully saturated rings. The number of rotatable bonds is 2. The average Bonchev–Trinajstić information content (AvgIpc) is 2.30. The Kier molecular flexibility index (Phi) is 3.11. The second kappa shape index (κ2) is 4.54. The summed E-state index contributed by atoms with van der Waals surface area (Å²) in [6.45, 7) is 2.14. The van der Waals surface area contributed by atoms with Crippen molar-refractivity contribution in [2.75, 3.05) is 0 Å². The van der Waals surface area contributed by atoms with Gasteiger partial charge in [0.05, 0.1) is 6.61 Å². The number of hydrogen-bond acceptors (Lipinski definition) is 1. The van der Waals surface area contributed by atoms with Gasteiger partial charge in [-0.15, -0.1) is 0 Å². The molecule has 80 valence electrons. The van der Waals surface area contributed by atoms with Gasteiger partial charge in [-0.3, -0.25) is 0 Å². The first kappa shape index (κ1) is 11.0. The molecule has 0 aliphatic carbocycles. The minimum absolute atomic E-state index is 0.111. The normalized spacial score (nSPS) is 10.4. The second-order valence-electron chi connectivity index (χ2n) is 4.17. The summed E-state index contributed by atoms with van der Waals surface area (Å²) in [7, 11) is 2.09. The van der Waals surface area contributed by atoms with Crippen LogP contribution in [0.2, 0.25) is 0 Å². The fraction of sp³-hybridized carbons (Fsp3) is 0.143. The Labute approximate surface area is 97.2 Å². The van der Waals surface area contributed by atoms with Gasteiger partial charge in [0.25, 0.3) is 0 Å². The molecule has 0 amide bonds. The summed E-state index contributed by atoms with van der Waals surface area (Å²) in [4.78, 5) is 0. The molecule has 0 bridgehead atoms. The Bertz CT molecular complexity index is 489. The van der Waals surface area contributed by atoms with Crippen molar-refractivity contribution < 1.29 is 5.11 Å². The van der Waals surface area contributed by atoms with E-state index in [0.29, 0.717) is 0 Å². The zero-order valence-electron chi connectivity index (χ0n) is 9.70. The molecular weight excluding hydrogens is 195 g/mol. The number of aliphatic hydroxyl groups excluding tert-OH is 1. The second-order valence-corrected chi connectivity index (χ2v) is 4.17. The maximum atomic E-state index is 9.12. The van der Waals surface area contributed by atoms with E-state index in [1.165, 1.54) is 16.6 Å². The van der Waals surface area contributed by atoms with Crippen LogP contribution < -0.4 is 5.46 Å². The van der Waals surface area contributed by atoms with Crippen molar-refractivity contribution in [2.45, 2.75) is 13.5 Å². The van der Waals surface area contributed by atoms with Crippen LogP contribution in [0.4, 0.5) is 0 Å². The summed E-state index contributed by atoms with van der Waals surface area (Å²) < 4.78 is 0. The number of aryl methyl sites for hydroxylation is 1. The lowest BCUT2D eigenvalue weighted by Crippen LogP contribution is -1.99. The van der Waals surface area contributed by atoms with Crippen LogP contribution >= 0.6 is 0 Å². The van der Waals surface area contributed by atoms with E-state index in [2.05, 4.69) is 44.2 Å². The predicted octanol–water partition coefficient (Wildman–Crippen LogP) is 1.41. The van der Waals surface area contributed by atoms with Gasteiger partial charge in [0.1, 0.15) is 7.85 Å². The number of benzene rings is 2. The van der Waals surface area contributed by atoms with Gasteiger partial charge >= 0.3 is 0 Å². The Hall–Kier alpha value is -1.54. The molecule has 0 atom stereocenters. The van der Waals surface area contributed by atoms with Crippen LogP contribution in [0.25, 0.3) is 11.1 Å². The van der Waals surface area contributed by atoms with E-state index in [1.807, 2.05) is 13.0 Å². The highest BCUT2D eigenvalue weighted by Crippen LogP contribution is 2.21. The van der Waals surface area contributed by atoms with Gasteiger partial charge in [0.15, 0.2) is 0 Å². The standard InChI is InChI=1S/C14H15BO/c1-10-8-12(2-3-13(10)9-16)11-4-6-14(15)7-5-11/h2-8,16H,9,15H2,1H3. The highest BCUT2D eigenvalue weighted by atomic mass is 16.3. The van der Waals surface area contributed by atoms with Crippen molar-refractivity contribution >= 4 is 13.3 Å². The van der Waals surface area contributed by atoms with E-state index in [0.717, 1.165) is 11.1 Å². The van der Waals surface area contributed by atoms with Crippen LogP contribution in [0.5, 0.6) is 0 Å². The van der Waals surface area contributed by atoms with Crippen LogP contribution in [-0.4, -0.2) is 13.0 Å². The molecule has 0 saturated carbocycles. The molecule has 0 spiro atoms. The summed E-state index contributed by atoms with van der Waals surface area (Å²) in [5.74, 6) is 0. The lowest BCUT2D eigenvalue weighted by Gasteiger charge is -2.07. The molecule has 1 N–H and O–H groups in total. The van der Waals surface area contributed by atoms with Gasteiger partial charge in [-0.2, -0.15) is 0 Å². The zero-order chi connectivity index (χ0) is 11.5. The van der Waals surface area contributed by atoms with E-state index in [9.17, 15) is 0 Å². The third-order valence-electron chi connectivity index (χ3n) is 2.90. The molecule has 0 aliphatic rings. The maximum Gasteiger partial charge on any atom is 0.139 e.